The topological polar surface area (TPSA) is 111 Å². The molecule has 0 saturated carbocycles. The highest BCUT2D eigenvalue weighted by atomic mass is 31.2. The van der Waals surface area contributed by atoms with Gasteiger partial charge in [-0.05, 0) is 122 Å². The standard InChI is InChI=1S/C84H142NO8P/c1-6-8-10-12-14-16-18-20-22-24-26-28-30-32-34-36-38-40-41-42-43-45-46-48-50-52-54-56-58-60-62-64-66-68-70-72-74-76-83(86)90-80-82(81-92-94(88,89)91-79-78-85(3,4)5)93-84(87)77-75-73-71-69-67-65-63-61-59-57-55-53-51-49-47-44-39-37-35-33-31-29-27-25-23-21-19-17-15-13-11-9-7-2/h8-11,14-17,20-23,26-29,33,35,39,44,49,51,55,57,61,63,82H,6-7,12-13,18-19,24-25,30-32,34,36-38,40-43,45-48,50,52-54,56,58-60,62,64-81H2,1-5H3/b10-8-,11-9-,16-14-,17-15-,22-20-,23-21-,28-26-,29-27-,35-33-,44-39-,51-49-,57-55-,63-61-. The van der Waals surface area contributed by atoms with Crippen LogP contribution in [-0.2, 0) is 32.7 Å². The Bertz CT molecular complexity index is 2150. The molecule has 0 saturated heterocycles. The van der Waals surface area contributed by atoms with Crippen LogP contribution in [0.5, 0.6) is 0 Å². The van der Waals surface area contributed by atoms with Crippen molar-refractivity contribution in [3.63, 3.8) is 0 Å². The number of phosphoric ester groups is 1. The van der Waals surface area contributed by atoms with Gasteiger partial charge in [0.1, 0.15) is 19.8 Å². The summed E-state index contributed by atoms with van der Waals surface area (Å²) >= 11 is 0. The fourth-order valence-corrected chi connectivity index (χ4v) is 11.0. The highest BCUT2D eigenvalue weighted by Gasteiger charge is 2.22. The zero-order valence-electron chi connectivity index (χ0n) is 61.1. The van der Waals surface area contributed by atoms with Crippen LogP contribution in [-0.4, -0.2) is 70.0 Å². The van der Waals surface area contributed by atoms with E-state index in [1.54, 1.807) is 0 Å². The molecule has 0 spiro atoms. The van der Waals surface area contributed by atoms with Gasteiger partial charge in [-0.25, -0.2) is 0 Å². The van der Waals surface area contributed by atoms with Gasteiger partial charge >= 0.3 is 11.9 Å². The van der Waals surface area contributed by atoms with Crippen molar-refractivity contribution in [2.75, 3.05) is 47.5 Å². The molecule has 2 unspecified atom stereocenters. The number of carbonyl (C=O) groups is 2. The zero-order valence-corrected chi connectivity index (χ0v) is 62.0. The minimum atomic E-state index is -4.66. The van der Waals surface area contributed by atoms with Crippen molar-refractivity contribution in [2.24, 2.45) is 0 Å². The Hall–Kier alpha value is -4.37. The normalized spacial score (nSPS) is 14.0. The number of quaternary nitrogens is 1. The van der Waals surface area contributed by atoms with Crippen LogP contribution in [0.1, 0.15) is 309 Å². The number of nitrogens with zero attached hydrogens (tertiary/aromatic N) is 1. The first-order valence-corrected chi connectivity index (χ1v) is 39.7. The van der Waals surface area contributed by atoms with Crippen LogP contribution >= 0.6 is 7.82 Å². The van der Waals surface area contributed by atoms with E-state index in [9.17, 15) is 19.0 Å². The van der Waals surface area contributed by atoms with Crippen LogP contribution < -0.4 is 4.89 Å². The molecular weight excluding hydrogens is 1180 g/mol. The fourth-order valence-electron chi connectivity index (χ4n) is 10.3. The lowest BCUT2D eigenvalue weighted by molar-refractivity contribution is -0.870. The van der Waals surface area contributed by atoms with Gasteiger partial charge < -0.3 is 27.9 Å². The molecule has 536 valence electrons. The van der Waals surface area contributed by atoms with E-state index in [0.29, 0.717) is 17.4 Å². The van der Waals surface area contributed by atoms with Gasteiger partial charge in [0.15, 0.2) is 6.10 Å². The van der Waals surface area contributed by atoms with Crippen LogP contribution in [0.15, 0.2) is 158 Å². The molecule has 0 bridgehead atoms. The number of ether oxygens (including phenoxy) is 2. The predicted molar refractivity (Wildman–Crippen MR) is 406 cm³/mol. The summed E-state index contributed by atoms with van der Waals surface area (Å²) in [5.41, 5.74) is 0. The number of carbonyl (C=O) groups excluding carboxylic acids is 2. The molecule has 0 aliphatic carbocycles. The van der Waals surface area contributed by atoms with E-state index in [0.717, 1.165) is 135 Å². The summed E-state index contributed by atoms with van der Waals surface area (Å²) in [5, 5.41) is 0. The van der Waals surface area contributed by atoms with Gasteiger partial charge in [0.25, 0.3) is 7.82 Å². The van der Waals surface area contributed by atoms with E-state index in [-0.39, 0.29) is 32.0 Å². The van der Waals surface area contributed by atoms with Crippen molar-refractivity contribution < 1.29 is 42.1 Å². The molecule has 0 amide bonds. The first-order chi connectivity index (χ1) is 46.0. The van der Waals surface area contributed by atoms with Gasteiger partial charge in [0.05, 0.1) is 27.7 Å². The average molecular weight is 1330 g/mol. The summed E-state index contributed by atoms with van der Waals surface area (Å²) in [5.74, 6) is -0.855. The number of rotatable bonds is 69. The zero-order chi connectivity index (χ0) is 68.3. The second-order valence-corrected chi connectivity index (χ2v) is 27.7. The smallest absolute Gasteiger partial charge is 0.306 e. The molecule has 0 aromatic carbocycles. The average Bonchev–Trinajstić information content (AvgIpc) is 1.56. The number of allylic oxidation sites excluding steroid dienone is 26. The van der Waals surface area contributed by atoms with Crippen LogP contribution in [0.25, 0.3) is 0 Å². The van der Waals surface area contributed by atoms with Gasteiger partial charge in [0, 0.05) is 12.8 Å². The molecule has 0 aromatic rings. The fraction of sp³-hybridized carbons (Fsp3) is 0.667. The Balaban J connectivity index is 4.05. The summed E-state index contributed by atoms with van der Waals surface area (Å²) in [4.78, 5) is 38.1. The predicted octanol–water partition coefficient (Wildman–Crippen LogP) is 24.9. The van der Waals surface area contributed by atoms with E-state index in [1.165, 1.54) is 141 Å². The van der Waals surface area contributed by atoms with Crippen molar-refractivity contribution in [3.8, 4) is 0 Å². The van der Waals surface area contributed by atoms with Gasteiger partial charge in [-0.15, -0.1) is 0 Å². The molecular formula is C84H142NO8P. The SMILES string of the molecule is CC/C=C\C/C=C\C/C=C\C/C=C\C/C=C\C/C=C\C/C=C\C/C=C\C/C=C\CCCCCCCC(=O)OC(COC(=O)CCCCCCCCCCCCCCCCCCCCCCCCCC/C=C\C/C=C\C/C=C\C/C=C\CC)COP(=O)([O-])OCC[N+](C)(C)C. The second-order valence-electron chi connectivity index (χ2n) is 26.3. The highest BCUT2D eigenvalue weighted by Crippen LogP contribution is 2.38. The number of unbranched alkanes of at least 4 members (excludes halogenated alkanes) is 29. The quantitative estimate of drug-likeness (QED) is 0.0195. The molecule has 0 fully saturated rings. The third-order valence-electron chi connectivity index (χ3n) is 16.0. The maximum atomic E-state index is 12.9. The van der Waals surface area contributed by atoms with E-state index in [4.69, 9.17) is 18.5 Å². The highest BCUT2D eigenvalue weighted by molar-refractivity contribution is 7.45. The number of esters is 2. The molecule has 0 heterocycles. The van der Waals surface area contributed by atoms with Gasteiger partial charge in [-0.2, -0.15) is 0 Å². The summed E-state index contributed by atoms with van der Waals surface area (Å²) in [6.07, 6.45) is 109. The molecule has 0 aromatic heterocycles. The largest absolute Gasteiger partial charge is 0.756 e. The number of likely N-dealkylation sites (N-methyl/N-ethyl adjacent to an activating group) is 1. The van der Waals surface area contributed by atoms with Crippen molar-refractivity contribution >= 4 is 19.8 Å². The first-order valence-electron chi connectivity index (χ1n) is 38.2. The number of hydrogen-bond acceptors (Lipinski definition) is 8. The minimum absolute atomic E-state index is 0.0412. The maximum Gasteiger partial charge on any atom is 0.306 e. The molecule has 10 heteroatoms. The first kappa shape index (κ1) is 89.6. The van der Waals surface area contributed by atoms with E-state index in [2.05, 4.69) is 172 Å². The van der Waals surface area contributed by atoms with Crippen LogP contribution in [0.3, 0.4) is 0 Å². The Morgan fingerprint density at radius 2 is 0.574 bits per heavy atom. The molecule has 0 aliphatic heterocycles. The lowest BCUT2D eigenvalue weighted by Crippen LogP contribution is -2.37. The maximum absolute atomic E-state index is 12.9. The van der Waals surface area contributed by atoms with Gasteiger partial charge in [-0.1, -0.05) is 332 Å². The van der Waals surface area contributed by atoms with E-state index in [1.807, 2.05) is 21.1 Å². The van der Waals surface area contributed by atoms with Crippen molar-refractivity contribution in [2.45, 2.75) is 315 Å². The monoisotopic (exact) mass is 1320 g/mol. The molecule has 0 N–H and O–H groups in total. The molecule has 0 radical (unpaired) electrons. The Kier molecular flexibility index (Phi) is 69.5. The summed E-state index contributed by atoms with van der Waals surface area (Å²) in [7, 11) is 1.14. The van der Waals surface area contributed by atoms with Crippen LogP contribution in [0, 0.1) is 0 Å². The third-order valence-corrected chi connectivity index (χ3v) is 17.0. The van der Waals surface area contributed by atoms with E-state index < -0.39 is 26.5 Å². The molecule has 2 atom stereocenters. The second kappa shape index (κ2) is 72.9. The minimum Gasteiger partial charge on any atom is -0.756 e. The molecule has 94 heavy (non-hydrogen) atoms. The van der Waals surface area contributed by atoms with Crippen molar-refractivity contribution in [3.05, 3.63) is 158 Å². The van der Waals surface area contributed by atoms with Gasteiger partial charge in [0.2, 0.25) is 0 Å². The summed E-state index contributed by atoms with van der Waals surface area (Å²) < 4.78 is 34.3. The van der Waals surface area contributed by atoms with Crippen molar-refractivity contribution in [1.82, 2.24) is 0 Å². The Labute approximate surface area is 579 Å². The van der Waals surface area contributed by atoms with E-state index >= 15 is 0 Å². The van der Waals surface area contributed by atoms with Crippen LogP contribution in [0.4, 0.5) is 0 Å². The lowest BCUT2D eigenvalue weighted by atomic mass is 10.0. The third kappa shape index (κ3) is 76.6. The molecule has 9 nitrogen and oxygen atoms in total. The molecule has 0 aliphatic rings. The molecule has 0 rings (SSSR count). The summed E-state index contributed by atoms with van der Waals surface area (Å²) in [6.45, 7) is 4.00. The number of phosphoric acid groups is 1. The number of hydrogen-bond donors (Lipinski definition) is 0. The lowest BCUT2D eigenvalue weighted by Gasteiger charge is -2.28. The Morgan fingerprint density at radius 1 is 0.330 bits per heavy atom. The van der Waals surface area contributed by atoms with Gasteiger partial charge in [-0.3, -0.25) is 14.2 Å². The van der Waals surface area contributed by atoms with Crippen molar-refractivity contribution in [1.29, 1.82) is 0 Å². The Morgan fingerprint density at radius 3 is 0.851 bits per heavy atom. The van der Waals surface area contributed by atoms with Crippen LogP contribution in [0.2, 0.25) is 0 Å². The summed E-state index contributed by atoms with van der Waals surface area (Å²) in [6, 6.07) is 0.